The molecule has 0 radical (unpaired) electrons. The molecular formula is C22H29ClN4O3. The molecule has 1 aliphatic heterocycles. The number of amides is 2. The van der Waals surface area contributed by atoms with Gasteiger partial charge in [-0.05, 0) is 44.1 Å². The second-order valence-electron chi connectivity index (χ2n) is 8.20. The van der Waals surface area contributed by atoms with Crippen LogP contribution in [0.4, 0.5) is 0 Å². The largest absolute Gasteiger partial charge is 0.360 e. The Balaban J connectivity index is 0.00000256. The van der Waals surface area contributed by atoms with E-state index in [1.807, 2.05) is 35.2 Å². The van der Waals surface area contributed by atoms with Crippen LogP contribution in [0.15, 0.2) is 40.9 Å². The molecule has 1 saturated carbocycles. The van der Waals surface area contributed by atoms with Crippen molar-refractivity contribution in [3.8, 4) is 0 Å². The molecule has 1 saturated heterocycles. The van der Waals surface area contributed by atoms with Crippen LogP contribution < -0.4 is 11.1 Å². The summed E-state index contributed by atoms with van der Waals surface area (Å²) in [5, 5.41) is 7.14. The highest BCUT2D eigenvalue weighted by Crippen LogP contribution is 2.40. The van der Waals surface area contributed by atoms with Crippen molar-refractivity contribution < 1.29 is 14.1 Å². The Hall–Kier alpha value is -2.38. The van der Waals surface area contributed by atoms with Gasteiger partial charge in [-0.2, -0.15) is 0 Å². The van der Waals surface area contributed by atoms with Crippen LogP contribution in [0.2, 0.25) is 0 Å². The number of likely N-dealkylation sites (tertiary alicyclic amines) is 1. The summed E-state index contributed by atoms with van der Waals surface area (Å²) >= 11 is 0. The molecule has 162 valence electrons. The van der Waals surface area contributed by atoms with E-state index in [-0.39, 0.29) is 36.2 Å². The number of rotatable bonds is 6. The number of nitrogens with zero attached hydrogens (tertiary/aromatic N) is 2. The fourth-order valence-corrected chi connectivity index (χ4v) is 4.05. The lowest BCUT2D eigenvalue weighted by molar-refractivity contribution is -0.133. The van der Waals surface area contributed by atoms with Crippen molar-refractivity contribution in [2.45, 2.75) is 50.6 Å². The Morgan fingerprint density at radius 2 is 1.83 bits per heavy atom. The van der Waals surface area contributed by atoms with E-state index in [9.17, 15) is 9.59 Å². The molecule has 2 atom stereocenters. The molecular weight excluding hydrogens is 404 g/mol. The molecule has 0 unspecified atom stereocenters. The zero-order valence-corrected chi connectivity index (χ0v) is 17.9. The SMILES string of the molecule is C[C@H](N)C(=O)N1CCC([C@@H](NC(=O)c2cc(C3CC3)on2)c2ccccc2)CC1.Cl. The van der Waals surface area contributed by atoms with Gasteiger partial charge in [0.25, 0.3) is 5.91 Å². The van der Waals surface area contributed by atoms with Gasteiger partial charge in [-0.15, -0.1) is 12.4 Å². The number of aromatic nitrogens is 1. The molecule has 4 rings (SSSR count). The summed E-state index contributed by atoms with van der Waals surface area (Å²) in [4.78, 5) is 26.9. The van der Waals surface area contributed by atoms with Crippen LogP contribution in [-0.4, -0.2) is 41.0 Å². The number of benzene rings is 1. The summed E-state index contributed by atoms with van der Waals surface area (Å²) in [6.45, 7) is 3.02. The highest BCUT2D eigenvalue weighted by Gasteiger charge is 2.33. The summed E-state index contributed by atoms with van der Waals surface area (Å²) < 4.78 is 5.34. The molecule has 30 heavy (non-hydrogen) atoms. The lowest BCUT2D eigenvalue weighted by Gasteiger charge is -2.37. The van der Waals surface area contributed by atoms with Crippen LogP contribution in [0.3, 0.4) is 0 Å². The molecule has 8 heteroatoms. The van der Waals surface area contributed by atoms with E-state index in [1.54, 1.807) is 13.0 Å². The predicted octanol–water partition coefficient (Wildman–Crippen LogP) is 3.03. The van der Waals surface area contributed by atoms with Gasteiger partial charge in [-0.1, -0.05) is 35.5 Å². The fraction of sp³-hybridized carbons (Fsp3) is 0.500. The summed E-state index contributed by atoms with van der Waals surface area (Å²) in [6.07, 6.45) is 3.82. The molecule has 2 fully saturated rings. The topological polar surface area (TPSA) is 101 Å². The maximum Gasteiger partial charge on any atom is 0.273 e. The second kappa shape index (κ2) is 9.62. The Kier molecular flexibility index (Phi) is 7.15. The summed E-state index contributed by atoms with van der Waals surface area (Å²) in [5.74, 6) is 1.21. The van der Waals surface area contributed by atoms with E-state index >= 15 is 0 Å². The van der Waals surface area contributed by atoms with Gasteiger partial charge >= 0.3 is 0 Å². The number of nitrogens with one attached hydrogen (secondary N) is 1. The van der Waals surface area contributed by atoms with E-state index in [0.29, 0.717) is 24.7 Å². The van der Waals surface area contributed by atoms with E-state index in [2.05, 4.69) is 10.5 Å². The maximum absolute atomic E-state index is 12.9. The number of piperidine rings is 1. The van der Waals surface area contributed by atoms with Gasteiger partial charge in [0.2, 0.25) is 5.91 Å². The Bertz CT molecular complexity index is 858. The van der Waals surface area contributed by atoms with Crippen molar-refractivity contribution >= 4 is 24.2 Å². The molecule has 3 N–H and O–H groups in total. The minimum atomic E-state index is -0.482. The van der Waals surface area contributed by atoms with Crippen LogP contribution in [0.5, 0.6) is 0 Å². The molecule has 2 aliphatic rings. The molecule has 2 amide bonds. The zero-order chi connectivity index (χ0) is 20.4. The van der Waals surface area contributed by atoms with E-state index in [4.69, 9.17) is 10.3 Å². The number of carbonyl (C=O) groups excluding carboxylic acids is 2. The molecule has 2 aromatic rings. The molecule has 1 aromatic carbocycles. The highest BCUT2D eigenvalue weighted by atomic mass is 35.5. The Morgan fingerprint density at radius 3 is 2.43 bits per heavy atom. The first-order chi connectivity index (χ1) is 14.0. The average molecular weight is 433 g/mol. The Labute approximate surface area is 182 Å². The van der Waals surface area contributed by atoms with Crippen LogP contribution in [-0.2, 0) is 4.79 Å². The van der Waals surface area contributed by atoms with Crippen LogP contribution in [0.1, 0.15) is 66.4 Å². The average Bonchev–Trinajstić information content (AvgIpc) is 3.48. The fourth-order valence-electron chi connectivity index (χ4n) is 4.05. The second-order valence-corrected chi connectivity index (χ2v) is 8.20. The number of carbonyl (C=O) groups is 2. The van der Waals surface area contributed by atoms with E-state index < -0.39 is 6.04 Å². The number of nitrogens with two attached hydrogens (primary N) is 1. The van der Waals surface area contributed by atoms with Crippen molar-refractivity contribution in [1.82, 2.24) is 15.4 Å². The number of hydrogen-bond donors (Lipinski definition) is 2. The minimum absolute atomic E-state index is 0. The predicted molar refractivity (Wildman–Crippen MR) is 115 cm³/mol. The Morgan fingerprint density at radius 1 is 1.17 bits per heavy atom. The van der Waals surface area contributed by atoms with Gasteiger partial charge in [-0.25, -0.2) is 0 Å². The van der Waals surface area contributed by atoms with Crippen molar-refractivity contribution in [3.63, 3.8) is 0 Å². The third-order valence-electron chi connectivity index (χ3n) is 5.90. The standard InChI is InChI=1S/C22H28N4O3.ClH/c1-14(23)22(28)26-11-9-17(10-12-26)20(16-5-3-2-4-6-16)24-21(27)18-13-19(29-25-18)15-7-8-15;/h2-6,13-15,17,20H,7-12,23H2,1H3,(H,24,27);1H/t14-,20-;/m0./s1. The highest BCUT2D eigenvalue weighted by molar-refractivity contribution is 5.92. The van der Waals surface area contributed by atoms with Gasteiger partial charge in [0, 0.05) is 25.1 Å². The monoisotopic (exact) mass is 432 g/mol. The number of halogens is 1. The minimum Gasteiger partial charge on any atom is -0.360 e. The molecule has 0 spiro atoms. The summed E-state index contributed by atoms with van der Waals surface area (Å²) in [6, 6.07) is 11.1. The molecule has 7 nitrogen and oxygen atoms in total. The molecule has 0 bridgehead atoms. The van der Waals surface area contributed by atoms with Crippen LogP contribution in [0.25, 0.3) is 0 Å². The molecule has 1 aliphatic carbocycles. The summed E-state index contributed by atoms with van der Waals surface area (Å²) in [7, 11) is 0. The molecule has 2 heterocycles. The third-order valence-corrected chi connectivity index (χ3v) is 5.90. The van der Waals surface area contributed by atoms with Crippen LogP contribution in [0, 0.1) is 5.92 Å². The third kappa shape index (κ3) is 5.02. The van der Waals surface area contributed by atoms with Crippen molar-refractivity contribution in [3.05, 3.63) is 53.4 Å². The van der Waals surface area contributed by atoms with Gasteiger partial charge in [0.05, 0.1) is 12.1 Å². The normalized spacial score (nSPS) is 18.9. The van der Waals surface area contributed by atoms with Gasteiger partial charge in [-0.3, -0.25) is 9.59 Å². The first-order valence-electron chi connectivity index (χ1n) is 10.4. The van der Waals surface area contributed by atoms with Crippen LogP contribution >= 0.6 is 12.4 Å². The zero-order valence-electron chi connectivity index (χ0n) is 17.1. The number of hydrogen-bond acceptors (Lipinski definition) is 5. The quantitative estimate of drug-likeness (QED) is 0.730. The first-order valence-corrected chi connectivity index (χ1v) is 10.4. The van der Waals surface area contributed by atoms with Gasteiger partial charge in [0.1, 0.15) is 5.76 Å². The van der Waals surface area contributed by atoms with Crippen molar-refractivity contribution in [2.24, 2.45) is 11.7 Å². The van der Waals surface area contributed by atoms with Gasteiger partial charge < -0.3 is 20.5 Å². The lowest BCUT2D eigenvalue weighted by Crippen LogP contribution is -2.47. The van der Waals surface area contributed by atoms with Crippen molar-refractivity contribution in [1.29, 1.82) is 0 Å². The summed E-state index contributed by atoms with van der Waals surface area (Å²) in [5.41, 5.74) is 7.14. The van der Waals surface area contributed by atoms with Gasteiger partial charge in [0.15, 0.2) is 5.69 Å². The lowest BCUT2D eigenvalue weighted by atomic mass is 9.85. The maximum atomic E-state index is 12.9. The first kappa shape index (κ1) is 22.3. The van der Waals surface area contributed by atoms with E-state index in [1.165, 1.54) is 0 Å². The van der Waals surface area contributed by atoms with E-state index in [0.717, 1.165) is 37.0 Å². The molecule has 1 aromatic heterocycles. The van der Waals surface area contributed by atoms with Crippen molar-refractivity contribution in [2.75, 3.05) is 13.1 Å². The smallest absolute Gasteiger partial charge is 0.273 e.